The van der Waals surface area contributed by atoms with Gasteiger partial charge in [0.2, 0.25) is 0 Å². The lowest BCUT2D eigenvalue weighted by Gasteiger charge is -2.30. The summed E-state index contributed by atoms with van der Waals surface area (Å²) in [6.07, 6.45) is 4.06. The zero-order valence-electron chi connectivity index (χ0n) is 7.84. The molecule has 2 N–H and O–H groups in total. The van der Waals surface area contributed by atoms with E-state index in [-0.39, 0.29) is 0 Å². The summed E-state index contributed by atoms with van der Waals surface area (Å²) < 4.78 is 0. The molecule has 2 nitrogen and oxygen atoms in total. The van der Waals surface area contributed by atoms with E-state index in [1.165, 1.54) is 32.4 Å². The van der Waals surface area contributed by atoms with E-state index in [4.69, 9.17) is 0 Å². The van der Waals surface area contributed by atoms with Crippen LogP contribution in [-0.4, -0.2) is 25.2 Å². The van der Waals surface area contributed by atoms with Gasteiger partial charge in [-0.25, -0.2) is 0 Å². The standard InChI is InChI=1S/C11H16N2/c1-2-8(7-12-5-1)10-6-9-3-4-11(10)13-9/h8-13H,1-2,5-7H2. The van der Waals surface area contributed by atoms with Crippen LogP contribution < -0.4 is 10.6 Å². The molecule has 0 saturated carbocycles. The second-order valence-electron chi connectivity index (χ2n) is 4.49. The number of piperidine rings is 1. The minimum Gasteiger partial charge on any atom is -0.316 e. The van der Waals surface area contributed by atoms with Crippen molar-refractivity contribution in [2.24, 2.45) is 11.8 Å². The highest BCUT2D eigenvalue weighted by Crippen LogP contribution is 2.33. The SMILES string of the molecule is C1#CC2NC1CC2C1CCCNC1. The van der Waals surface area contributed by atoms with Crippen molar-refractivity contribution in [2.75, 3.05) is 13.1 Å². The average molecular weight is 176 g/mol. The topological polar surface area (TPSA) is 24.1 Å². The van der Waals surface area contributed by atoms with E-state index >= 15 is 0 Å². The number of hydrogen-bond donors (Lipinski definition) is 2. The second-order valence-corrected chi connectivity index (χ2v) is 4.49. The van der Waals surface area contributed by atoms with E-state index < -0.39 is 0 Å². The van der Waals surface area contributed by atoms with E-state index in [0.29, 0.717) is 12.1 Å². The largest absolute Gasteiger partial charge is 0.316 e. The highest BCUT2D eigenvalue weighted by atomic mass is 15.0. The monoisotopic (exact) mass is 176 g/mol. The van der Waals surface area contributed by atoms with E-state index in [2.05, 4.69) is 22.5 Å². The van der Waals surface area contributed by atoms with Crippen molar-refractivity contribution in [2.45, 2.75) is 31.3 Å². The van der Waals surface area contributed by atoms with Crippen molar-refractivity contribution in [1.29, 1.82) is 0 Å². The van der Waals surface area contributed by atoms with Crippen LogP contribution in [0.3, 0.4) is 0 Å². The van der Waals surface area contributed by atoms with Crippen LogP contribution in [0.4, 0.5) is 0 Å². The molecule has 0 amide bonds. The number of fused-ring (bicyclic) bond motifs is 2. The molecule has 0 aromatic rings. The summed E-state index contributed by atoms with van der Waals surface area (Å²) in [6, 6.07) is 1.05. The molecule has 0 spiro atoms. The molecule has 13 heavy (non-hydrogen) atoms. The summed E-state index contributed by atoms with van der Waals surface area (Å²) in [6.45, 7) is 2.44. The van der Waals surface area contributed by atoms with Gasteiger partial charge in [0.1, 0.15) is 0 Å². The molecular weight excluding hydrogens is 160 g/mol. The van der Waals surface area contributed by atoms with Crippen LogP contribution in [0.25, 0.3) is 0 Å². The number of hydrogen-bond acceptors (Lipinski definition) is 2. The van der Waals surface area contributed by atoms with Crippen molar-refractivity contribution in [3.8, 4) is 11.8 Å². The van der Waals surface area contributed by atoms with Crippen molar-refractivity contribution >= 4 is 0 Å². The van der Waals surface area contributed by atoms with Crippen LogP contribution in [0.5, 0.6) is 0 Å². The van der Waals surface area contributed by atoms with Gasteiger partial charge in [0.05, 0.1) is 12.1 Å². The van der Waals surface area contributed by atoms with E-state index in [9.17, 15) is 0 Å². The molecule has 0 aliphatic carbocycles. The lowest BCUT2D eigenvalue weighted by atomic mass is 9.80. The highest BCUT2D eigenvalue weighted by Gasteiger charge is 2.39. The minimum atomic E-state index is 0.523. The quantitative estimate of drug-likeness (QED) is 0.563. The summed E-state index contributed by atoms with van der Waals surface area (Å²) in [5.41, 5.74) is 0. The van der Waals surface area contributed by atoms with Crippen molar-refractivity contribution in [3.05, 3.63) is 0 Å². The molecule has 0 aromatic carbocycles. The third-order valence-electron chi connectivity index (χ3n) is 3.67. The van der Waals surface area contributed by atoms with Crippen molar-refractivity contribution < 1.29 is 0 Å². The molecule has 2 fully saturated rings. The van der Waals surface area contributed by atoms with Crippen LogP contribution >= 0.6 is 0 Å². The molecule has 2 saturated heterocycles. The fourth-order valence-corrected chi connectivity index (χ4v) is 2.97. The van der Waals surface area contributed by atoms with Gasteiger partial charge in [-0.15, -0.1) is 0 Å². The predicted molar refractivity (Wildman–Crippen MR) is 52.2 cm³/mol. The fraction of sp³-hybridized carbons (Fsp3) is 0.818. The Morgan fingerprint density at radius 2 is 2.23 bits per heavy atom. The smallest absolute Gasteiger partial charge is 0.0732 e. The third-order valence-corrected chi connectivity index (χ3v) is 3.67. The molecule has 3 aliphatic rings. The summed E-state index contributed by atoms with van der Waals surface area (Å²) in [4.78, 5) is 0. The lowest BCUT2D eigenvalue weighted by molar-refractivity contribution is 0.260. The van der Waals surface area contributed by atoms with Gasteiger partial charge in [-0.3, -0.25) is 5.32 Å². The minimum absolute atomic E-state index is 0.523. The second kappa shape index (κ2) is 3.01. The molecule has 0 radical (unpaired) electrons. The van der Waals surface area contributed by atoms with E-state index in [0.717, 1.165) is 11.8 Å². The average Bonchev–Trinajstić information content (AvgIpc) is 2.80. The van der Waals surface area contributed by atoms with Crippen LogP contribution in [0.2, 0.25) is 0 Å². The first kappa shape index (κ1) is 7.84. The van der Waals surface area contributed by atoms with Gasteiger partial charge in [0, 0.05) is 0 Å². The molecule has 0 aromatic heterocycles. The van der Waals surface area contributed by atoms with Crippen LogP contribution in [-0.2, 0) is 0 Å². The van der Waals surface area contributed by atoms with Gasteiger partial charge >= 0.3 is 0 Å². The summed E-state index contributed by atoms with van der Waals surface area (Å²) >= 11 is 0. The van der Waals surface area contributed by atoms with Gasteiger partial charge in [-0.2, -0.15) is 0 Å². The Morgan fingerprint density at radius 3 is 2.85 bits per heavy atom. The van der Waals surface area contributed by atoms with Crippen LogP contribution in [0.1, 0.15) is 19.3 Å². The molecule has 70 valence electrons. The maximum absolute atomic E-state index is 3.53. The van der Waals surface area contributed by atoms with Gasteiger partial charge in [0.25, 0.3) is 0 Å². The molecule has 2 bridgehead atoms. The Labute approximate surface area is 79.5 Å². The molecular formula is C11H16N2. The molecule has 3 aliphatic heterocycles. The maximum atomic E-state index is 3.53. The summed E-state index contributed by atoms with van der Waals surface area (Å²) in [5, 5.41) is 7.02. The Kier molecular flexibility index (Phi) is 1.81. The Balaban J connectivity index is 1.69. The maximum Gasteiger partial charge on any atom is 0.0732 e. The van der Waals surface area contributed by atoms with Crippen LogP contribution in [0, 0.1) is 23.7 Å². The fourth-order valence-electron chi connectivity index (χ4n) is 2.97. The predicted octanol–water partition coefficient (Wildman–Crippen LogP) is 0.350. The normalized spacial score (nSPS) is 47.4. The van der Waals surface area contributed by atoms with Gasteiger partial charge in [-0.05, 0) is 44.2 Å². The van der Waals surface area contributed by atoms with Gasteiger partial charge in [-0.1, -0.05) is 11.8 Å². The molecule has 3 heterocycles. The molecule has 4 atom stereocenters. The molecule has 2 heteroatoms. The zero-order chi connectivity index (χ0) is 8.67. The number of rotatable bonds is 1. The highest BCUT2D eigenvalue weighted by molar-refractivity contribution is 5.28. The third kappa shape index (κ3) is 1.27. The molecule has 4 unspecified atom stereocenters. The van der Waals surface area contributed by atoms with Crippen molar-refractivity contribution in [3.63, 3.8) is 0 Å². The lowest BCUT2D eigenvalue weighted by Crippen LogP contribution is -2.38. The Bertz CT molecular complexity index is 257. The summed E-state index contributed by atoms with van der Waals surface area (Å²) in [5.74, 6) is 8.27. The Morgan fingerprint density at radius 1 is 1.23 bits per heavy atom. The van der Waals surface area contributed by atoms with Crippen LogP contribution in [0.15, 0.2) is 0 Å². The van der Waals surface area contributed by atoms with Gasteiger partial charge < -0.3 is 5.32 Å². The molecule has 3 rings (SSSR count). The van der Waals surface area contributed by atoms with E-state index in [1.54, 1.807) is 0 Å². The summed E-state index contributed by atoms with van der Waals surface area (Å²) in [7, 11) is 0. The van der Waals surface area contributed by atoms with E-state index in [1.807, 2.05) is 0 Å². The van der Waals surface area contributed by atoms with Crippen molar-refractivity contribution in [1.82, 2.24) is 10.6 Å². The Hall–Kier alpha value is -0.520. The first-order valence-corrected chi connectivity index (χ1v) is 5.41. The zero-order valence-corrected chi connectivity index (χ0v) is 7.84. The first-order chi connectivity index (χ1) is 6.43. The van der Waals surface area contributed by atoms with Gasteiger partial charge in [0.15, 0.2) is 0 Å². The number of nitrogens with one attached hydrogen (secondary N) is 2. The first-order valence-electron chi connectivity index (χ1n) is 5.41.